The molecule has 0 saturated carbocycles. The van der Waals surface area contributed by atoms with Crippen LogP contribution < -0.4 is 0 Å². The molecule has 1 rings (SSSR count). The molecule has 0 aliphatic heterocycles. The maximum absolute atomic E-state index is 12.7. The molecule has 0 atom stereocenters. The summed E-state index contributed by atoms with van der Waals surface area (Å²) >= 11 is 0. The molecule has 0 radical (unpaired) electrons. The van der Waals surface area contributed by atoms with Gasteiger partial charge in [0.05, 0.1) is 7.11 Å². The summed E-state index contributed by atoms with van der Waals surface area (Å²) in [6.45, 7) is -0.0568. The van der Waals surface area contributed by atoms with E-state index in [0.717, 1.165) is 5.56 Å². The molecule has 0 aromatic heterocycles. The fourth-order valence-electron chi connectivity index (χ4n) is 1.44. The molecular weight excluding hydrogens is 237 g/mol. The van der Waals surface area contributed by atoms with Crippen molar-refractivity contribution in [3.63, 3.8) is 0 Å². The summed E-state index contributed by atoms with van der Waals surface area (Å²) in [5.41, 5.74) is 0.885. The van der Waals surface area contributed by atoms with Crippen LogP contribution in [0.25, 0.3) is 0 Å². The molecule has 5 heteroatoms. The second kappa shape index (κ2) is 6.74. The van der Waals surface area contributed by atoms with Gasteiger partial charge in [0.2, 0.25) is 5.91 Å². The number of benzene rings is 1. The summed E-state index contributed by atoms with van der Waals surface area (Å²) in [5, 5.41) is 0. The number of carbonyl (C=O) groups excluding carboxylic acids is 2. The van der Waals surface area contributed by atoms with E-state index in [-0.39, 0.29) is 24.7 Å². The Balaban J connectivity index is 2.41. The van der Waals surface area contributed by atoms with Gasteiger partial charge in [0.15, 0.2) is 0 Å². The van der Waals surface area contributed by atoms with Crippen LogP contribution in [-0.4, -0.2) is 37.5 Å². The Hall–Kier alpha value is -1.91. The third kappa shape index (κ3) is 4.53. The first-order valence-electron chi connectivity index (χ1n) is 5.58. The standard InChI is InChI=1S/C13H16FNO3/c1-15(9-13(17)18-2)12(16)8-5-10-3-6-11(14)7-4-10/h3-4,6-7H,5,8-9H2,1-2H3. The number of carbonyl (C=O) groups is 2. The predicted octanol–water partition coefficient (Wildman–Crippen LogP) is 1.39. The van der Waals surface area contributed by atoms with Crippen LogP contribution in [-0.2, 0) is 20.7 Å². The van der Waals surface area contributed by atoms with Gasteiger partial charge in [0.1, 0.15) is 12.4 Å². The number of halogens is 1. The number of methoxy groups -OCH3 is 1. The van der Waals surface area contributed by atoms with Gasteiger partial charge >= 0.3 is 5.97 Å². The van der Waals surface area contributed by atoms with Gasteiger partial charge in [-0.15, -0.1) is 0 Å². The molecule has 98 valence electrons. The molecule has 0 bridgehead atoms. The lowest BCUT2D eigenvalue weighted by Gasteiger charge is -2.15. The van der Waals surface area contributed by atoms with E-state index in [1.165, 1.54) is 24.1 Å². The second-order valence-electron chi connectivity index (χ2n) is 3.95. The fraction of sp³-hybridized carbons (Fsp3) is 0.385. The van der Waals surface area contributed by atoms with Gasteiger partial charge in [-0.1, -0.05) is 12.1 Å². The Morgan fingerprint density at radius 3 is 2.44 bits per heavy atom. The molecule has 4 nitrogen and oxygen atoms in total. The maximum Gasteiger partial charge on any atom is 0.325 e. The van der Waals surface area contributed by atoms with Crippen LogP contribution in [0.1, 0.15) is 12.0 Å². The Bertz CT molecular complexity index is 417. The SMILES string of the molecule is COC(=O)CN(C)C(=O)CCc1ccc(F)cc1. The van der Waals surface area contributed by atoms with E-state index in [4.69, 9.17) is 0 Å². The molecular formula is C13H16FNO3. The van der Waals surface area contributed by atoms with Gasteiger partial charge in [0, 0.05) is 13.5 Å². The van der Waals surface area contributed by atoms with E-state index in [0.29, 0.717) is 6.42 Å². The number of amides is 1. The van der Waals surface area contributed by atoms with E-state index in [1.54, 1.807) is 19.2 Å². The Morgan fingerprint density at radius 1 is 1.28 bits per heavy atom. The highest BCUT2D eigenvalue weighted by atomic mass is 19.1. The van der Waals surface area contributed by atoms with Crippen molar-refractivity contribution >= 4 is 11.9 Å². The average molecular weight is 253 g/mol. The zero-order chi connectivity index (χ0) is 13.5. The molecule has 0 saturated heterocycles. The van der Waals surface area contributed by atoms with Crippen LogP contribution in [0.4, 0.5) is 4.39 Å². The minimum Gasteiger partial charge on any atom is -0.468 e. The quantitative estimate of drug-likeness (QED) is 0.745. The third-order valence-corrected chi connectivity index (χ3v) is 2.56. The Kier molecular flexibility index (Phi) is 5.30. The predicted molar refractivity (Wildman–Crippen MR) is 64.4 cm³/mol. The van der Waals surface area contributed by atoms with Crippen molar-refractivity contribution in [3.05, 3.63) is 35.6 Å². The molecule has 0 fully saturated rings. The number of ether oxygens (including phenoxy) is 1. The second-order valence-corrected chi connectivity index (χ2v) is 3.95. The van der Waals surface area contributed by atoms with E-state index in [1.807, 2.05) is 0 Å². The molecule has 1 aromatic carbocycles. The minimum atomic E-state index is -0.451. The Morgan fingerprint density at radius 2 is 1.89 bits per heavy atom. The van der Waals surface area contributed by atoms with Gasteiger partial charge < -0.3 is 9.64 Å². The van der Waals surface area contributed by atoms with E-state index < -0.39 is 5.97 Å². The van der Waals surface area contributed by atoms with Crippen LogP contribution in [0.2, 0.25) is 0 Å². The number of hydrogen-bond donors (Lipinski definition) is 0. The molecule has 0 heterocycles. The van der Waals surface area contributed by atoms with Gasteiger partial charge in [-0.3, -0.25) is 9.59 Å². The van der Waals surface area contributed by atoms with Crippen LogP contribution in [0.15, 0.2) is 24.3 Å². The minimum absolute atomic E-state index is 0.0568. The topological polar surface area (TPSA) is 46.6 Å². The Labute approximate surface area is 105 Å². The van der Waals surface area contributed by atoms with Crippen molar-refractivity contribution in [1.82, 2.24) is 4.90 Å². The number of rotatable bonds is 5. The molecule has 0 aliphatic rings. The maximum atomic E-state index is 12.7. The zero-order valence-electron chi connectivity index (χ0n) is 10.5. The molecule has 0 spiro atoms. The first kappa shape index (κ1) is 14.2. The number of esters is 1. The highest BCUT2D eigenvalue weighted by Crippen LogP contribution is 2.06. The normalized spacial score (nSPS) is 9.94. The van der Waals surface area contributed by atoms with E-state index in [2.05, 4.69) is 4.74 Å². The van der Waals surface area contributed by atoms with Crippen molar-refractivity contribution in [2.75, 3.05) is 20.7 Å². The summed E-state index contributed by atoms with van der Waals surface area (Å²) < 4.78 is 17.1. The molecule has 0 unspecified atom stereocenters. The molecule has 0 N–H and O–H groups in total. The number of nitrogens with zero attached hydrogens (tertiary/aromatic N) is 1. The van der Waals surface area contributed by atoms with Gasteiger partial charge in [-0.05, 0) is 24.1 Å². The van der Waals surface area contributed by atoms with E-state index >= 15 is 0 Å². The summed E-state index contributed by atoms with van der Waals surface area (Å²) in [7, 11) is 2.82. The lowest BCUT2D eigenvalue weighted by Crippen LogP contribution is -2.32. The molecule has 1 aromatic rings. The summed E-state index contributed by atoms with van der Waals surface area (Å²) in [6, 6.07) is 6.00. The fourth-order valence-corrected chi connectivity index (χ4v) is 1.44. The van der Waals surface area contributed by atoms with E-state index in [9.17, 15) is 14.0 Å². The van der Waals surface area contributed by atoms with Crippen LogP contribution >= 0.6 is 0 Å². The molecule has 1 amide bonds. The van der Waals surface area contributed by atoms with Crippen molar-refractivity contribution in [3.8, 4) is 0 Å². The zero-order valence-corrected chi connectivity index (χ0v) is 10.5. The van der Waals surface area contributed by atoms with Gasteiger partial charge in [-0.2, -0.15) is 0 Å². The summed E-state index contributed by atoms with van der Waals surface area (Å²) in [6.07, 6.45) is 0.795. The van der Waals surface area contributed by atoms with Crippen LogP contribution in [0.3, 0.4) is 0 Å². The summed E-state index contributed by atoms with van der Waals surface area (Å²) in [4.78, 5) is 24.0. The monoisotopic (exact) mass is 253 g/mol. The first-order chi connectivity index (χ1) is 8.52. The first-order valence-corrected chi connectivity index (χ1v) is 5.58. The van der Waals surface area contributed by atoms with Gasteiger partial charge in [-0.25, -0.2) is 4.39 Å². The lowest BCUT2D eigenvalue weighted by molar-refractivity contribution is -0.146. The van der Waals surface area contributed by atoms with Crippen molar-refractivity contribution in [1.29, 1.82) is 0 Å². The molecule has 0 aliphatic carbocycles. The van der Waals surface area contributed by atoms with Crippen LogP contribution in [0, 0.1) is 5.82 Å². The number of hydrogen-bond acceptors (Lipinski definition) is 3. The smallest absolute Gasteiger partial charge is 0.325 e. The third-order valence-electron chi connectivity index (χ3n) is 2.56. The van der Waals surface area contributed by atoms with Crippen molar-refractivity contribution in [2.24, 2.45) is 0 Å². The summed E-state index contributed by atoms with van der Waals surface area (Å²) in [5.74, 6) is -0.898. The lowest BCUT2D eigenvalue weighted by atomic mass is 10.1. The molecule has 18 heavy (non-hydrogen) atoms. The van der Waals surface area contributed by atoms with Crippen molar-refractivity contribution < 1.29 is 18.7 Å². The van der Waals surface area contributed by atoms with Crippen LogP contribution in [0.5, 0.6) is 0 Å². The van der Waals surface area contributed by atoms with Gasteiger partial charge in [0.25, 0.3) is 0 Å². The number of aryl methyl sites for hydroxylation is 1. The largest absolute Gasteiger partial charge is 0.468 e. The average Bonchev–Trinajstić information content (AvgIpc) is 2.37. The highest BCUT2D eigenvalue weighted by molar-refractivity contribution is 5.81. The highest BCUT2D eigenvalue weighted by Gasteiger charge is 2.12. The van der Waals surface area contributed by atoms with Crippen molar-refractivity contribution in [2.45, 2.75) is 12.8 Å². The number of likely N-dealkylation sites (N-methyl/N-ethyl adjacent to an activating group) is 1.